The number of nitrogens with one attached hydrogen (secondary N) is 1. The van der Waals surface area contributed by atoms with Gasteiger partial charge in [0, 0.05) is 44.6 Å². The second kappa shape index (κ2) is 9.72. The molecule has 0 spiro atoms. The first-order valence-corrected chi connectivity index (χ1v) is 9.90. The van der Waals surface area contributed by atoms with Crippen LogP contribution in [-0.4, -0.2) is 42.7 Å². The molecule has 1 fully saturated rings. The maximum Gasteiger partial charge on any atom is 0.161 e. The van der Waals surface area contributed by atoms with Crippen LogP contribution in [0.1, 0.15) is 37.9 Å². The predicted octanol–water partition coefficient (Wildman–Crippen LogP) is 3.66. The van der Waals surface area contributed by atoms with Gasteiger partial charge in [0.2, 0.25) is 0 Å². The van der Waals surface area contributed by atoms with Gasteiger partial charge >= 0.3 is 0 Å². The highest BCUT2D eigenvalue weighted by Gasteiger charge is 2.24. The molecule has 1 aromatic carbocycles. The number of ether oxygens (including phenoxy) is 2. The van der Waals surface area contributed by atoms with Crippen molar-refractivity contribution in [3.05, 3.63) is 53.9 Å². The van der Waals surface area contributed by atoms with Crippen molar-refractivity contribution in [2.45, 2.75) is 33.4 Å². The van der Waals surface area contributed by atoms with Crippen LogP contribution in [0, 0.1) is 5.92 Å². The van der Waals surface area contributed by atoms with Gasteiger partial charge in [0.1, 0.15) is 0 Å². The summed E-state index contributed by atoms with van der Waals surface area (Å²) in [5.41, 5.74) is 2.50. The fraction of sp³-hybridized carbons (Fsp3) is 0.500. The van der Waals surface area contributed by atoms with Crippen LogP contribution >= 0.6 is 0 Å². The van der Waals surface area contributed by atoms with E-state index < -0.39 is 0 Å². The Morgan fingerprint density at radius 3 is 2.85 bits per heavy atom. The predicted molar refractivity (Wildman–Crippen MR) is 108 cm³/mol. The highest BCUT2D eigenvalue weighted by atomic mass is 16.5. The first-order valence-electron chi connectivity index (χ1n) is 9.90. The number of hydrogen-bond donors (Lipinski definition) is 1. The van der Waals surface area contributed by atoms with Gasteiger partial charge < -0.3 is 14.8 Å². The molecule has 146 valence electrons. The fourth-order valence-corrected chi connectivity index (χ4v) is 3.37. The minimum Gasteiger partial charge on any atom is -0.490 e. The van der Waals surface area contributed by atoms with Crippen molar-refractivity contribution in [2.75, 3.05) is 32.8 Å². The van der Waals surface area contributed by atoms with E-state index in [-0.39, 0.29) is 0 Å². The number of hydrogen-bond acceptors (Lipinski definition) is 5. The number of piperazine rings is 1. The number of aromatic nitrogens is 1. The summed E-state index contributed by atoms with van der Waals surface area (Å²) in [4.78, 5) is 6.80. The number of nitrogens with zero attached hydrogens (tertiary/aromatic N) is 2. The van der Waals surface area contributed by atoms with Gasteiger partial charge in [-0.05, 0) is 42.2 Å². The summed E-state index contributed by atoms with van der Waals surface area (Å²) in [6, 6.07) is 10.8. The van der Waals surface area contributed by atoms with Gasteiger partial charge in [-0.25, -0.2) is 0 Å². The van der Waals surface area contributed by atoms with E-state index >= 15 is 0 Å². The Hall–Kier alpha value is -2.11. The molecule has 0 aliphatic carbocycles. The third kappa shape index (κ3) is 5.44. The Morgan fingerprint density at radius 1 is 1.22 bits per heavy atom. The van der Waals surface area contributed by atoms with Gasteiger partial charge in [0.05, 0.1) is 13.2 Å². The number of rotatable bonds is 8. The van der Waals surface area contributed by atoms with E-state index in [0.29, 0.717) is 25.2 Å². The Bertz CT molecular complexity index is 706. The molecule has 1 aliphatic heterocycles. The van der Waals surface area contributed by atoms with E-state index in [1.54, 1.807) is 0 Å². The molecule has 0 amide bonds. The van der Waals surface area contributed by atoms with Gasteiger partial charge in [-0.2, -0.15) is 0 Å². The Kier molecular flexibility index (Phi) is 7.07. The zero-order chi connectivity index (χ0) is 19.1. The molecular formula is C22H31N3O2. The lowest BCUT2D eigenvalue weighted by molar-refractivity contribution is 0.153. The molecule has 1 atom stereocenters. The van der Waals surface area contributed by atoms with Crippen LogP contribution in [0.5, 0.6) is 11.5 Å². The Labute approximate surface area is 162 Å². The largest absolute Gasteiger partial charge is 0.490 e. The molecule has 1 aliphatic rings. The summed E-state index contributed by atoms with van der Waals surface area (Å²) >= 11 is 0. The standard InChI is InChI=1S/C22H31N3O2/c1-4-26-22-12-18(7-8-21(22)27-16-17(2)3)15-25-11-10-24-14-20(25)19-6-5-9-23-13-19/h5-9,12-13,17,20,24H,4,10-11,14-16H2,1-3H3. The van der Waals surface area contributed by atoms with E-state index in [4.69, 9.17) is 9.47 Å². The van der Waals surface area contributed by atoms with Gasteiger partial charge in [-0.15, -0.1) is 0 Å². The normalized spacial score (nSPS) is 17.9. The zero-order valence-electron chi connectivity index (χ0n) is 16.6. The Balaban J connectivity index is 1.75. The van der Waals surface area contributed by atoms with Gasteiger partial charge in [0.15, 0.2) is 11.5 Å². The molecule has 5 heteroatoms. The van der Waals surface area contributed by atoms with E-state index in [1.807, 2.05) is 31.5 Å². The van der Waals surface area contributed by atoms with Crippen LogP contribution in [0.2, 0.25) is 0 Å². The summed E-state index contributed by atoms with van der Waals surface area (Å²) in [5.74, 6) is 2.15. The quantitative estimate of drug-likeness (QED) is 0.769. The van der Waals surface area contributed by atoms with Crippen molar-refractivity contribution < 1.29 is 9.47 Å². The minimum absolute atomic E-state index is 0.333. The minimum atomic E-state index is 0.333. The molecule has 0 saturated carbocycles. The molecule has 27 heavy (non-hydrogen) atoms. The van der Waals surface area contributed by atoms with Crippen LogP contribution in [0.3, 0.4) is 0 Å². The molecule has 0 radical (unpaired) electrons. The number of benzene rings is 1. The van der Waals surface area contributed by atoms with E-state index in [1.165, 1.54) is 11.1 Å². The maximum absolute atomic E-state index is 5.93. The fourth-order valence-electron chi connectivity index (χ4n) is 3.37. The van der Waals surface area contributed by atoms with Crippen LogP contribution in [0.4, 0.5) is 0 Å². The molecule has 2 heterocycles. The molecule has 3 rings (SSSR count). The van der Waals surface area contributed by atoms with E-state index in [0.717, 1.165) is 37.7 Å². The first-order chi connectivity index (χ1) is 13.2. The first kappa shape index (κ1) is 19.6. The van der Waals surface area contributed by atoms with Gasteiger partial charge in [-0.1, -0.05) is 26.0 Å². The second-order valence-electron chi connectivity index (χ2n) is 7.40. The van der Waals surface area contributed by atoms with Crippen molar-refractivity contribution in [1.29, 1.82) is 0 Å². The molecular weight excluding hydrogens is 338 g/mol. The lowest BCUT2D eigenvalue weighted by Crippen LogP contribution is -2.45. The second-order valence-corrected chi connectivity index (χ2v) is 7.40. The maximum atomic E-state index is 5.93. The molecule has 0 bridgehead atoms. The van der Waals surface area contributed by atoms with Crippen LogP contribution in [0.15, 0.2) is 42.7 Å². The van der Waals surface area contributed by atoms with Crippen LogP contribution in [0.25, 0.3) is 0 Å². The van der Waals surface area contributed by atoms with Crippen molar-refractivity contribution in [3.8, 4) is 11.5 Å². The summed E-state index contributed by atoms with van der Waals surface area (Å²) in [6.45, 7) is 11.5. The lowest BCUT2D eigenvalue weighted by Gasteiger charge is -2.36. The summed E-state index contributed by atoms with van der Waals surface area (Å²) in [5, 5.41) is 3.50. The average Bonchev–Trinajstić information content (AvgIpc) is 2.69. The highest BCUT2D eigenvalue weighted by Crippen LogP contribution is 2.31. The summed E-state index contributed by atoms with van der Waals surface area (Å²) in [6.07, 6.45) is 3.80. The van der Waals surface area contributed by atoms with E-state index in [9.17, 15) is 0 Å². The van der Waals surface area contributed by atoms with E-state index in [2.05, 4.69) is 47.2 Å². The van der Waals surface area contributed by atoms with Crippen LogP contribution < -0.4 is 14.8 Å². The van der Waals surface area contributed by atoms with Crippen LogP contribution in [-0.2, 0) is 6.54 Å². The molecule has 1 saturated heterocycles. The molecule has 5 nitrogen and oxygen atoms in total. The zero-order valence-corrected chi connectivity index (χ0v) is 16.6. The molecule has 2 aromatic rings. The van der Waals surface area contributed by atoms with Gasteiger partial charge in [0.25, 0.3) is 0 Å². The third-order valence-corrected chi connectivity index (χ3v) is 4.69. The molecule has 1 unspecified atom stereocenters. The number of pyridine rings is 1. The SMILES string of the molecule is CCOc1cc(CN2CCNCC2c2cccnc2)ccc1OCC(C)C. The lowest BCUT2D eigenvalue weighted by atomic mass is 10.0. The van der Waals surface area contributed by atoms with Crippen molar-refractivity contribution >= 4 is 0 Å². The summed E-state index contributed by atoms with van der Waals surface area (Å²) in [7, 11) is 0. The van der Waals surface area contributed by atoms with Crippen molar-refractivity contribution in [1.82, 2.24) is 15.2 Å². The van der Waals surface area contributed by atoms with Crippen molar-refractivity contribution in [2.24, 2.45) is 5.92 Å². The molecule has 1 aromatic heterocycles. The molecule has 1 N–H and O–H groups in total. The topological polar surface area (TPSA) is 46.6 Å². The average molecular weight is 370 g/mol. The third-order valence-electron chi connectivity index (χ3n) is 4.69. The van der Waals surface area contributed by atoms with Crippen molar-refractivity contribution in [3.63, 3.8) is 0 Å². The van der Waals surface area contributed by atoms with Gasteiger partial charge in [-0.3, -0.25) is 9.88 Å². The smallest absolute Gasteiger partial charge is 0.161 e. The monoisotopic (exact) mass is 369 g/mol. The summed E-state index contributed by atoms with van der Waals surface area (Å²) < 4.78 is 11.8. The highest BCUT2D eigenvalue weighted by molar-refractivity contribution is 5.43. The Morgan fingerprint density at radius 2 is 2.11 bits per heavy atom.